The zero-order valence-electron chi connectivity index (χ0n) is 13.1. The number of hydrogen-bond acceptors (Lipinski definition) is 4. The number of methoxy groups -OCH3 is 1. The molecule has 0 aliphatic carbocycles. The van der Waals surface area contributed by atoms with Crippen LogP contribution in [0.2, 0.25) is 0 Å². The first kappa shape index (κ1) is 18.4. The number of halogens is 1. The SMILES string of the molecule is COc1ccc(S(=O)(=O)N[C@H](C)C(=O)Nc2cccc(Br)c2)cc1. The number of carbonyl (C=O) groups is 1. The van der Waals surface area contributed by atoms with Crippen molar-refractivity contribution in [2.24, 2.45) is 0 Å². The standard InChI is InChI=1S/C16H17BrN2O4S/c1-11(16(20)18-13-5-3-4-12(17)10-13)19-24(21,22)15-8-6-14(23-2)7-9-15/h3-11,19H,1-2H3,(H,18,20)/t11-/m1/s1. The van der Waals surface area contributed by atoms with Crippen LogP contribution in [0.4, 0.5) is 5.69 Å². The van der Waals surface area contributed by atoms with E-state index in [9.17, 15) is 13.2 Å². The number of hydrogen-bond donors (Lipinski definition) is 2. The van der Waals surface area contributed by atoms with Gasteiger partial charge in [0.1, 0.15) is 5.75 Å². The van der Waals surface area contributed by atoms with Gasteiger partial charge in [-0.25, -0.2) is 8.42 Å². The maximum Gasteiger partial charge on any atom is 0.242 e. The average molecular weight is 413 g/mol. The van der Waals surface area contributed by atoms with Crippen molar-refractivity contribution in [1.82, 2.24) is 4.72 Å². The Hall–Kier alpha value is -1.90. The quantitative estimate of drug-likeness (QED) is 0.763. The number of ether oxygens (including phenoxy) is 1. The molecule has 2 aromatic carbocycles. The lowest BCUT2D eigenvalue weighted by atomic mass is 10.3. The van der Waals surface area contributed by atoms with E-state index in [-0.39, 0.29) is 4.90 Å². The largest absolute Gasteiger partial charge is 0.497 e. The molecule has 2 rings (SSSR count). The predicted molar refractivity (Wildman–Crippen MR) is 95.5 cm³/mol. The number of amides is 1. The third-order valence-electron chi connectivity index (χ3n) is 3.19. The average Bonchev–Trinajstić information content (AvgIpc) is 2.54. The second kappa shape index (κ2) is 7.78. The van der Waals surface area contributed by atoms with Crippen molar-refractivity contribution in [1.29, 1.82) is 0 Å². The van der Waals surface area contributed by atoms with E-state index in [2.05, 4.69) is 26.0 Å². The van der Waals surface area contributed by atoms with Crippen LogP contribution in [0.3, 0.4) is 0 Å². The summed E-state index contributed by atoms with van der Waals surface area (Å²) in [4.78, 5) is 12.2. The van der Waals surface area contributed by atoms with Crippen molar-refractivity contribution in [3.63, 3.8) is 0 Å². The molecule has 0 aliphatic rings. The maximum atomic E-state index is 12.3. The van der Waals surface area contributed by atoms with Gasteiger partial charge in [0, 0.05) is 10.2 Å². The topological polar surface area (TPSA) is 84.5 Å². The highest BCUT2D eigenvalue weighted by molar-refractivity contribution is 9.10. The Kier molecular flexibility index (Phi) is 5.98. The van der Waals surface area contributed by atoms with Gasteiger partial charge in [-0.2, -0.15) is 4.72 Å². The fraction of sp³-hybridized carbons (Fsp3) is 0.188. The van der Waals surface area contributed by atoms with Crippen LogP contribution in [0.5, 0.6) is 5.75 Å². The molecule has 2 aromatic rings. The molecular formula is C16H17BrN2O4S. The molecule has 1 amide bonds. The number of carbonyl (C=O) groups excluding carboxylic acids is 1. The molecule has 0 unspecified atom stereocenters. The zero-order valence-corrected chi connectivity index (χ0v) is 15.5. The van der Waals surface area contributed by atoms with E-state index in [1.165, 1.54) is 26.2 Å². The Balaban J connectivity index is 2.06. The van der Waals surface area contributed by atoms with Gasteiger partial charge in [0.2, 0.25) is 15.9 Å². The summed E-state index contributed by atoms with van der Waals surface area (Å²) >= 11 is 3.31. The molecule has 0 aromatic heterocycles. The third kappa shape index (κ3) is 4.80. The molecule has 6 nitrogen and oxygen atoms in total. The minimum Gasteiger partial charge on any atom is -0.497 e. The summed E-state index contributed by atoms with van der Waals surface area (Å²) in [5.74, 6) is 0.0968. The highest BCUT2D eigenvalue weighted by atomic mass is 79.9. The van der Waals surface area contributed by atoms with E-state index in [1.807, 2.05) is 6.07 Å². The molecule has 0 aliphatic heterocycles. The number of nitrogens with one attached hydrogen (secondary N) is 2. The molecule has 0 radical (unpaired) electrons. The van der Waals surface area contributed by atoms with Gasteiger partial charge in [0.25, 0.3) is 0 Å². The molecule has 0 spiro atoms. The van der Waals surface area contributed by atoms with E-state index in [1.54, 1.807) is 30.3 Å². The van der Waals surface area contributed by atoms with Crippen molar-refractivity contribution in [2.45, 2.75) is 17.9 Å². The van der Waals surface area contributed by atoms with Gasteiger partial charge in [0.15, 0.2) is 0 Å². The summed E-state index contributed by atoms with van der Waals surface area (Å²) in [6.45, 7) is 1.48. The monoisotopic (exact) mass is 412 g/mol. The molecule has 2 N–H and O–H groups in total. The Morgan fingerprint density at radius 2 is 1.83 bits per heavy atom. The summed E-state index contributed by atoms with van der Waals surface area (Å²) in [6, 6.07) is 12.0. The highest BCUT2D eigenvalue weighted by Crippen LogP contribution is 2.17. The Morgan fingerprint density at radius 1 is 1.17 bits per heavy atom. The Bertz CT molecular complexity index is 822. The minimum absolute atomic E-state index is 0.0606. The van der Waals surface area contributed by atoms with Crippen LogP contribution in [0.1, 0.15) is 6.92 Å². The second-order valence-electron chi connectivity index (χ2n) is 5.02. The van der Waals surface area contributed by atoms with Crippen molar-refractivity contribution in [3.8, 4) is 5.75 Å². The summed E-state index contributed by atoms with van der Waals surface area (Å²) in [7, 11) is -2.31. The van der Waals surface area contributed by atoms with Gasteiger partial charge >= 0.3 is 0 Å². The molecule has 8 heteroatoms. The lowest BCUT2D eigenvalue weighted by Crippen LogP contribution is -2.41. The van der Waals surface area contributed by atoms with Crippen LogP contribution in [0.25, 0.3) is 0 Å². The van der Waals surface area contributed by atoms with Crippen LogP contribution in [0.15, 0.2) is 57.9 Å². The molecule has 0 fully saturated rings. The smallest absolute Gasteiger partial charge is 0.242 e. The van der Waals surface area contributed by atoms with E-state index in [4.69, 9.17) is 4.74 Å². The van der Waals surface area contributed by atoms with Gasteiger partial charge < -0.3 is 10.1 Å². The lowest BCUT2D eigenvalue weighted by Gasteiger charge is -2.15. The maximum absolute atomic E-state index is 12.3. The van der Waals surface area contributed by atoms with Crippen molar-refractivity contribution >= 4 is 37.5 Å². The Morgan fingerprint density at radius 3 is 2.42 bits per heavy atom. The first-order valence-electron chi connectivity index (χ1n) is 7.04. The molecular weight excluding hydrogens is 396 g/mol. The normalized spacial score (nSPS) is 12.5. The molecule has 0 heterocycles. The van der Waals surface area contributed by atoms with Crippen LogP contribution in [-0.2, 0) is 14.8 Å². The Labute approximate surface area is 149 Å². The molecule has 1 atom stereocenters. The molecule has 0 bridgehead atoms. The lowest BCUT2D eigenvalue weighted by molar-refractivity contribution is -0.117. The van der Waals surface area contributed by atoms with Gasteiger partial charge in [-0.05, 0) is 49.4 Å². The zero-order chi connectivity index (χ0) is 17.7. The molecule has 128 valence electrons. The summed E-state index contributed by atoms with van der Waals surface area (Å²) in [6.07, 6.45) is 0. The molecule has 0 saturated carbocycles. The van der Waals surface area contributed by atoms with Crippen molar-refractivity contribution < 1.29 is 17.9 Å². The van der Waals surface area contributed by atoms with E-state index in [0.29, 0.717) is 11.4 Å². The van der Waals surface area contributed by atoms with E-state index in [0.717, 1.165) is 4.47 Å². The van der Waals surface area contributed by atoms with Crippen LogP contribution < -0.4 is 14.8 Å². The fourth-order valence-corrected chi connectivity index (χ4v) is 3.53. The van der Waals surface area contributed by atoms with E-state index < -0.39 is 22.0 Å². The first-order chi connectivity index (χ1) is 11.3. The fourth-order valence-electron chi connectivity index (χ4n) is 1.93. The summed E-state index contributed by atoms with van der Waals surface area (Å²) in [5, 5.41) is 2.66. The first-order valence-corrected chi connectivity index (χ1v) is 9.32. The summed E-state index contributed by atoms with van der Waals surface area (Å²) in [5.41, 5.74) is 0.574. The second-order valence-corrected chi connectivity index (χ2v) is 7.65. The number of rotatable bonds is 6. The minimum atomic E-state index is -3.81. The van der Waals surface area contributed by atoms with Crippen LogP contribution >= 0.6 is 15.9 Å². The van der Waals surface area contributed by atoms with Crippen molar-refractivity contribution in [2.75, 3.05) is 12.4 Å². The van der Waals surface area contributed by atoms with Gasteiger partial charge in [-0.15, -0.1) is 0 Å². The van der Waals surface area contributed by atoms with E-state index >= 15 is 0 Å². The number of benzene rings is 2. The van der Waals surface area contributed by atoms with Crippen LogP contribution in [0, 0.1) is 0 Å². The van der Waals surface area contributed by atoms with Gasteiger partial charge in [-0.1, -0.05) is 22.0 Å². The van der Waals surface area contributed by atoms with Crippen LogP contribution in [-0.4, -0.2) is 27.5 Å². The molecule has 24 heavy (non-hydrogen) atoms. The predicted octanol–water partition coefficient (Wildman–Crippen LogP) is 2.76. The summed E-state index contributed by atoms with van der Waals surface area (Å²) < 4.78 is 32.8. The van der Waals surface area contributed by atoms with Crippen molar-refractivity contribution in [3.05, 3.63) is 53.0 Å². The van der Waals surface area contributed by atoms with Gasteiger partial charge in [0.05, 0.1) is 18.0 Å². The molecule has 0 saturated heterocycles. The number of sulfonamides is 1. The highest BCUT2D eigenvalue weighted by Gasteiger charge is 2.22. The third-order valence-corrected chi connectivity index (χ3v) is 5.24. The number of anilines is 1. The van der Waals surface area contributed by atoms with Gasteiger partial charge in [-0.3, -0.25) is 4.79 Å².